The predicted molar refractivity (Wildman–Crippen MR) is 54.3 cm³/mol. The second-order valence-electron chi connectivity index (χ2n) is 3.97. The molecule has 0 bridgehead atoms. The maximum atomic E-state index is 12.2. The number of hydrogen-bond donors (Lipinski definition) is 1. The average molecular weight is 241 g/mol. The second-order valence-corrected chi connectivity index (χ2v) is 3.97. The van der Waals surface area contributed by atoms with Crippen LogP contribution in [-0.2, 0) is 4.79 Å². The molecule has 0 aromatic carbocycles. The fourth-order valence-corrected chi connectivity index (χ4v) is 1.65. The Bertz CT molecular complexity index is 232. The summed E-state index contributed by atoms with van der Waals surface area (Å²) in [4.78, 5) is 13.1. The van der Waals surface area contributed by atoms with E-state index in [2.05, 4.69) is 5.32 Å². The Kier molecular flexibility index (Phi) is 4.28. The van der Waals surface area contributed by atoms with Gasteiger partial charge in [-0.3, -0.25) is 4.79 Å². The van der Waals surface area contributed by atoms with E-state index < -0.39 is 6.43 Å². The molecule has 88 valence electrons. The highest BCUT2D eigenvalue weighted by atomic mass is 35.5. The third kappa shape index (κ3) is 3.01. The summed E-state index contributed by atoms with van der Waals surface area (Å²) >= 11 is 0. The molecule has 1 N–H and O–H groups in total. The Morgan fingerprint density at radius 3 is 2.33 bits per heavy atom. The van der Waals surface area contributed by atoms with Gasteiger partial charge in [0.1, 0.15) is 0 Å². The third-order valence-corrected chi connectivity index (χ3v) is 2.74. The number of hydrogen-bond acceptors (Lipinski definition) is 2. The van der Waals surface area contributed by atoms with Crippen molar-refractivity contribution >= 4 is 18.3 Å². The number of carbonyl (C=O) groups is 1. The van der Waals surface area contributed by atoms with Crippen LogP contribution in [0.25, 0.3) is 0 Å². The summed E-state index contributed by atoms with van der Waals surface area (Å²) in [5.74, 6) is -0.152. The van der Waals surface area contributed by atoms with Crippen molar-refractivity contribution in [1.29, 1.82) is 0 Å². The first-order valence-electron chi connectivity index (χ1n) is 4.98. The van der Waals surface area contributed by atoms with Gasteiger partial charge in [0, 0.05) is 19.1 Å². The fourth-order valence-electron chi connectivity index (χ4n) is 1.65. The molecule has 1 heterocycles. The number of alkyl halides is 2. The second kappa shape index (κ2) is 5.07. The molecule has 1 aliphatic heterocycles. The van der Waals surface area contributed by atoms with Crippen LogP contribution in [-0.4, -0.2) is 42.9 Å². The smallest absolute Gasteiger partial charge is 0.255 e. The molecule has 1 saturated carbocycles. The molecular weight excluding hydrogens is 226 g/mol. The number of nitrogens with one attached hydrogen (secondary N) is 1. The Morgan fingerprint density at radius 1 is 1.40 bits per heavy atom. The minimum atomic E-state index is -2.41. The highest BCUT2D eigenvalue weighted by Crippen LogP contribution is 2.29. The number of rotatable bonds is 4. The molecule has 1 aliphatic carbocycles. The van der Waals surface area contributed by atoms with Crippen LogP contribution in [0.3, 0.4) is 0 Å². The minimum Gasteiger partial charge on any atom is -0.334 e. The van der Waals surface area contributed by atoms with Gasteiger partial charge in [-0.25, -0.2) is 8.78 Å². The van der Waals surface area contributed by atoms with Gasteiger partial charge in [0.2, 0.25) is 5.91 Å². The number of carbonyl (C=O) groups excluding carboxylic acids is 1. The van der Waals surface area contributed by atoms with Gasteiger partial charge >= 0.3 is 0 Å². The van der Waals surface area contributed by atoms with E-state index in [-0.39, 0.29) is 36.8 Å². The summed E-state index contributed by atoms with van der Waals surface area (Å²) in [5, 5.41) is 2.97. The minimum absolute atomic E-state index is 0. The van der Waals surface area contributed by atoms with Gasteiger partial charge in [0.05, 0.1) is 12.5 Å². The zero-order valence-corrected chi connectivity index (χ0v) is 9.10. The van der Waals surface area contributed by atoms with Crippen LogP contribution in [0.15, 0.2) is 0 Å². The summed E-state index contributed by atoms with van der Waals surface area (Å²) in [6.07, 6.45) is -0.635. The topological polar surface area (TPSA) is 32.3 Å². The van der Waals surface area contributed by atoms with Crippen molar-refractivity contribution in [3.63, 3.8) is 0 Å². The standard InChI is InChI=1S/C9H14F2N2O.ClH/c10-8(11)5-13(7-1-2-7)9(14)6-3-12-4-6;/h6-8,12H,1-5H2;1H. The number of nitrogens with zero attached hydrogens (tertiary/aromatic N) is 1. The van der Waals surface area contributed by atoms with Crippen molar-refractivity contribution in [2.75, 3.05) is 19.6 Å². The SMILES string of the molecule is Cl.O=C(C1CNC1)N(CC(F)F)C1CC1. The molecule has 0 aromatic heterocycles. The van der Waals surface area contributed by atoms with Gasteiger partial charge in [-0.1, -0.05) is 0 Å². The van der Waals surface area contributed by atoms with Gasteiger partial charge in [0.25, 0.3) is 6.43 Å². The Balaban J connectivity index is 0.00000112. The molecule has 0 aromatic rings. The lowest BCUT2D eigenvalue weighted by Crippen LogP contribution is -2.53. The van der Waals surface area contributed by atoms with Crippen molar-refractivity contribution in [1.82, 2.24) is 10.2 Å². The maximum absolute atomic E-state index is 12.2. The maximum Gasteiger partial charge on any atom is 0.255 e. The Morgan fingerprint density at radius 2 is 2.00 bits per heavy atom. The molecule has 15 heavy (non-hydrogen) atoms. The van der Waals surface area contributed by atoms with Gasteiger partial charge in [-0.05, 0) is 12.8 Å². The van der Waals surface area contributed by atoms with E-state index in [9.17, 15) is 13.6 Å². The van der Waals surface area contributed by atoms with Crippen molar-refractivity contribution < 1.29 is 13.6 Å². The van der Waals surface area contributed by atoms with Crippen molar-refractivity contribution in [2.45, 2.75) is 25.3 Å². The molecule has 0 radical (unpaired) electrons. The highest BCUT2D eigenvalue weighted by Gasteiger charge is 2.38. The Labute approximate surface area is 93.6 Å². The van der Waals surface area contributed by atoms with Crippen LogP contribution in [0, 0.1) is 5.92 Å². The van der Waals surface area contributed by atoms with E-state index in [1.807, 2.05) is 0 Å². The summed E-state index contributed by atoms with van der Waals surface area (Å²) < 4.78 is 24.4. The zero-order chi connectivity index (χ0) is 10.1. The number of halogens is 3. The molecule has 1 amide bonds. The lowest BCUT2D eigenvalue weighted by Gasteiger charge is -2.32. The molecular formula is C9H15ClF2N2O. The highest BCUT2D eigenvalue weighted by molar-refractivity contribution is 5.85. The van der Waals surface area contributed by atoms with Crippen LogP contribution in [0.4, 0.5) is 8.78 Å². The van der Waals surface area contributed by atoms with Gasteiger partial charge in [-0.2, -0.15) is 0 Å². The van der Waals surface area contributed by atoms with E-state index in [1.54, 1.807) is 0 Å². The molecule has 2 fully saturated rings. The average Bonchev–Trinajstić information content (AvgIpc) is 2.78. The van der Waals surface area contributed by atoms with E-state index in [0.717, 1.165) is 12.8 Å². The molecule has 0 spiro atoms. The van der Waals surface area contributed by atoms with Crippen LogP contribution >= 0.6 is 12.4 Å². The lowest BCUT2D eigenvalue weighted by atomic mass is 10.0. The molecule has 2 rings (SSSR count). The summed E-state index contributed by atoms with van der Waals surface area (Å²) in [6, 6.07) is 0.0945. The molecule has 0 atom stereocenters. The van der Waals surface area contributed by atoms with Gasteiger partial charge in [-0.15, -0.1) is 12.4 Å². The van der Waals surface area contributed by atoms with E-state index in [4.69, 9.17) is 0 Å². The summed E-state index contributed by atoms with van der Waals surface area (Å²) in [6.45, 7) is 0.899. The van der Waals surface area contributed by atoms with Gasteiger partial charge in [0.15, 0.2) is 0 Å². The molecule has 1 saturated heterocycles. The molecule has 6 heteroatoms. The fraction of sp³-hybridized carbons (Fsp3) is 0.889. The third-order valence-electron chi connectivity index (χ3n) is 2.74. The molecule has 0 unspecified atom stereocenters. The first-order valence-corrected chi connectivity index (χ1v) is 4.98. The van der Waals surface area contributed by atoms with Crippen LogP contribution < -0.4 is 5.32 Å². The van der Waals surface area contributed by atoms with Crippen molar-refractivity contribution in [2.24, 2.45) is 5.92 Å². The quantitative estimate of drug-likeness (QED) is 0.792. The van der Waals surface area contributed by atoms with E-state index in [0.29, 0.717) is 13.1 Å². The van der Waals surface area contributed by atoms with Gasteiger partial charge < -0.3 is 10.2 Å². The van der Waals surface area contributed by atoms with Crippen LogP contribution in [0.2, 0.25) is 0 Å². The summed E-state index contributed by atoms with van der Waals surface area (Å²) in [5.41, 5.74) is 0. The largest absolute Gasteiger partial charge is 0.334 e. The predicted octanol–water partition coefficient (Wildman–Crippen LogP) is 0.884. The van der Waals surface area contributed by atoms with E-state index in [1.165, 1.54) is 4.90 Å². The van der Waals surface area contributed by atoms with Crippen LogP contribution in [0.1, 0.15) is 12.8 Å². The van der Waals surface area contributed by atoms with Crippen LogP contribution in [0.5, 0.6) is 0 Å². The summed E-state index contributed by atoms with van der Waals surface area (Å²) in [7, 11) is 0. The number of amides is 1. The van der Waals surface area contributed by atoms with E-state index >= 15 is 0 Å². The Hall–Kier alpha value is -0.420. The zero-order valence-electron chi connectivity index (χ0n) is 8.29. The molecule has 2 aliphatic rings. The lowest BCUT2D eigenvalue weighted by molar-refractivity contribution is -0.139. The normalized spacial score (nSPS) is 20.7. The first-order chi connectivity index (χ1) is 6.68. The molecule has 3 nitrogen and oxygen atoms in total. The monoisotopic (exact) mass is 240 g/mol. The first kappa shape index (κ1) is 12.6. The van der Waals surface area contributed by atoms with Crippen molar-refractivity contribution in [3.05, 3.63) is 0 Å². The van der Waals surface area contributed by atoms with Crippen molar-refractivity contribution in [3.8, 4) is 0 Å².